The molecular formula is C28H29N5O5S. The number of nitrogens with zero attached hydrogens (tertiary/aromatic N) is 2. The summed E-state index contributed by atoms with van der Waals surface area (Å²) in [5.41, 5.74) is 2.73. The minimum atomic E-state index is -4.09. The highest BCUT2D eigenvalue weighted by atomic mass is 32.2. The standard InChI is InChI=1S/C28H29N5O5S/c1-3-38-28(35)30-22-13-15-23(16-14-22)33-18-17-29-26(33)24(19-21-10-5-4-6-11-21)31-27(34)32-39(36,37)25-12-8-7-9-20(25)2/h4-18,24H,3,19H2,1-2H3,(H,30,35)(H2,31,32,34). The molecule has 1 atom stereocenters. The Balaban J connectivity index is 1.59. The lowest BCUT2D eigenvalue weighted by atomic mass is 10.1. The van der Waals surface area contributed by atoms with Gasteiger partial charge in [-0.3, -0.25) is 5.32 Å². The molecule has 4 rings (SSSR count). The zero-order valence-corrected chi connectivity index (χ0v) is 22.3. The third-order valence-electron chi connectivity index (χ3n) is 5.85. The summed E-state index contributed by atoms with van der Waals surface area (Å²) < 4.78 is 34.6. The Kier molecular flexibility index (Phi) is 8.62. The summed E-state index contributed by atoms with van der Waals surface area (Å²) in [4.78, 5) is 29.2. The maximum Gasteiger partial charge on any atom is 0.411 e. The van der Waals surface area contributed by atoms with Gasteiger partial charge < -0.3 is 14.6 Å². The third-order valence-corrected chi connectivity index (χ3v) is 7.34. The van der Waals surface area contributed by atoms with Crippen molar-refractivity contribution in [2.24, 2.45) is 0 Å². The van der Waals surface area contributed by atoms with Gasteiger partial charge in [-0.1, -0.05) is 48.5 Å². The molecule has 202 valence electrons. The van der Waals surface area contributed by atoms with Gasteiger partial charge in [0, 0.05) is 23.8 Å². The number of anilines is 1. The number of sulfonamides is 1. The van der Waals surface area contributed by atoms with E-state index in [9.17, 15) is 18.0 Å². The molecule has 0 aliphatic rings. The second kappa shape index (κ2) is 12.3. The van der Waals surface area contributed by atoms with E-state index in [2.05, 4.69) is 20.3 Å². The van der Waals surface area contributed by atoms with Crippen LogP contribution in [0, 0.1) is 6.92 Å². The molecule has 1 heterocycles. The first kappa shape index (κ1) is 27.4. The van der Waals surface area contributed by atoms with Gasteiger partial charge in [0.2, 0.25) is 0 Å². The van der Waals surface area contributed by atoms with Gasteiger partial charge >= 0.3 is 12.1 Å². The number of imidazole rings is 1. The number of aromatic nitrogens is 2. The topological polar surface area (TPSA) is 131 Å². The molecule has 39 heavy (non-hydrogen) atoms. The Morgan fingerprint density at radius 3 is 2.36 bits per heavy atom. The van der Waals surface area contributed by atoms with Crippen LogP contribution in [0.1, 0.15) is 29.9 Å². The van der Waals surface area contributed by atoms with Crippen LogP contribution >= 0.6 is 0 Å². The Morgan fingerprint density at radius 1 is 0.974 bits per heavy atom. The van der Waals surface area contributed by atoms with Crippen LogP contribution in [0.5, 0.6) is 0 Å². The summed E-state index contributed by atoms with van der Waals surface area (Å²) in [5, 5.41) is 5.43. The van der Waals surface area contributed by atoms with E-state index in [4.69, 9.17) is 4.74 Å². The summed E-state index contributed by atoms with van der Waals surface area (Å²) in [6.07, 6.45) is 3.15. The van der Waals surface area contributed by atoms with Crippen molar-refractivity contribution in [2.75, 3.05) is 11.9 Å². The lowest BCUT2D eigenvalue weighted by Crippen LogP contribution is -2.42. The Bertz CT molecular complexity index is 1540. The van der Waals surface area contributed by atoms with Crippen molar-refractivity contribution >= 4 is 27.8 Å². The molecule has 4 aromatic rings. The number of hydrogen-bond donors (Lipinski definition) is 3. The maximum absolute atomic E-state index is 13.0. The van der Waals surface area contributed by atoms with Gasteiger partial charge in [-0.2, -0.15) is 0 Å². The Labute approximate surface area is 227 Å². The van der Waals surface area contributed by atoms with E-state index in [-0.39, 0.29) is 11.5 Å². The summed E-state index contributed by atoms with van der Waals surface area (Å²) in [6, 6.07) is 21.4. The van der Waals surface area contributed by atoms with Crippen molar-refractivity contribution in [3.8, 4) is 5.69 Å². The van der Waals surface area contributed by atoms with Gasteiger partial charge in [0.15, 0.2) is 0 Å². The quantitative estimate of drug-likeness (QED) is 0.278. The molecule has 0 saturated carbocycles. The minimum Gasteiger partial charge on any atom is -0.450 e. The number of benzene rings is 3. The van der Waals surface area contributed by atoms with E-state index >= 15 is 0 Å². The van der Waals surface area contributed by atoms with Gasteiger partial charge in [0.25, 0.3) is 10.0 Å². The zero-order chi connectivity index (χ0) is 27.8. The largest absolute Gasteiger partial charge is 0.450 e. The maximum atomic E-state index is 13.0. The monoisotopic (exact) mass is 547 g/mol. The number of hydrogen-bond acceptors (Lipinski definition) is 6. The van der Waals surface area contributed by atoms with E-state index in [1.807, 2.05) is 30.3 Å². The molecule has 0 aliphatic carbocycles. The summed E-state index contributed by atoms with van der Waals surface area (Å²) in [7, 11) is -4.09. The van der Waals surface area contributed by atoms with Crippen LogP contribution in [0.25, 0.3) is 5.69 Å². The molecule has 11 heteroatoms. The molecule has 10 nitrogen and oxygen atoms in total. The van der Waals surface area contributed by atoms with E-state index in [0.717, 1.165) is 11.3 Å². The molecule has 1 unspecified atom stereocenters. The predicted molar refractivity (Wildman–Crippen MR) is 147 cm³/mol. The van der Waals surface area contributed by atoms with Crippen LogP contribution in [0.15, 0.2) is 96.2 Å². The van der Waals surface area contributed by atoms with E-state index in [1.54, 1.807) is 73.3 Å². The average molecular weight is 548 g/mol. The fourth-order valence-corrected chi connectivity index (χ4v) is 5.22. The number of amides is 3. The van der Waals surface area contributed by atoms with Crippen molar-refractivity contribution in [3.63, 3.8) is 0 Å². The van der Waals surface area contributed by atoms with Crippen molar-refractivity contribution in [1.82, 2.24) is 19.6 Å². The van der Waals surface area contributed by atoms with Crippen molar-refractivity contribution < 1.29 is 22.7 Å². The second-order valence-corrected chi connectivity index (χ2v) is 10.3. The highest BCUT2D eigenvalue weighted by molar-refractivity contribution is 7.90. The number of urea groups is 1. The van der Waals surface area contributed by atoms with Gasteiger partial charge in [-0.15, -0.1) is 0 Å². The SMILES string of the molecule is CCOC(=O)Nc1ccc(-n2ccnc2C(Cc2ccccc2)NC(=O)NS(=O)(=O)c2ccccc2C)cc1. The summed E-state index contributed by atoms with van der Waals surface area (Å²) >= 11 is 0. The number of carbonyl (C=O) groups excluding carboxylic acids is 2. The van der Waals surface area contributed by atoms with Crippen LogP contribution in [0.4, 0.5) is 15.3 Å². The van der Waals surface area contributed by atoms with Crippen molar-refractivity contribution in [2.45, 2.75) is 31.2 Å². The number of carbonyl (C=O) groups is 2. The average Bonchev–Trinajstić information content (AvgIpc) is 3.39. The second-order valence-electron chi connectivity index (χ2n) is 8.63. The van der Waals surface area contributed by atoms with Crippen LogP contribution in [-0.2, 0) is 21.2 Å². The first-order chi connectivity index (χ1) is 18.8. The number of nitrogens with one attached hydrogen (secondary N) is 3. The van der Waals surface area contributed by atoms with Gasteiger partial charge in [-0.25, -0.2) is 27.7 Å². The Hall–Kier alpha value is -4.64. The molecule has 3 amide bonds. The number of rotatable bonds is 9. The van der Waals surface area contributed by atoms with E-state index in [1.165, 1.54) is 6.07 Å². The summed E-state index contributed by atoms with van der Waals surface area (Å²) in [6.45, 7) is 3.65. The molecule has 3 aromatic carbocycles. The predicted octanol–water partition coefficient (Wildman–Crippen LogP) is 4.72. The van der Waals surface area contributed by atoms with Crippen LogP contribution in [-0.4, -0.2) is 36.7 Å². The first-order valence-corrected chi connectivity index (χ1v) is 13.8. The fourth-order valence-electron chi connectivity index (χ4n) is 4.06. The molecule has 3 N–H and O–H groups in total. The molecule has 1 aromatic heterocycles. The first-order valence-electron chi connectivity index (χ1n) is 12.3. The number of aryl methyl sites for hydroxylation is 1. The molecule has 0 spiro atoms. The van der Waals surface area contributed by atoms with Crippen molar-refractivity contribution in [1.29, 1.82) is 0 Å². The lowest BCUT2D eigenvalue weighted by molar-refractivity contribution is 0.168. The molecule has 0 fully saturated rings. The highest BCUT2D eigenvalue weighted by Gasteiger charge is 2.25. The fraction of sp³-hybridized carbons (Fsp3) is 0.179. The Morgan fingerprint density at radius 2 is 1.67 bits per heavy atom. The van der Waals surface area contributed by atoms with E-state index in [0.29, 0.717) is 23.5 Å². The lowest BCUT2D eigenvalue weighted by Gasteiger charge is -2.21. The molecular weight excluding hydrogens is 518 g/mol. The minimum absolute atomic E-state index is 0.0257. The van der Waals surface area contributed by atoms with Gasteiger partial charge in [0.05, 0.1) is 17.5 Å². The van der Waals surface area contributed by atoms with Crippen LogP contribution < -0.4 is 15.4 Å². The van der Waals surface area contributed by atoms with Crippen LogP contribution in [0.3, 0.4) is 0 Å². The zero-order valence-electron chi connectivity index (χ0n) is 21.5. The molecule has 0 bridgehead atoms. The van der Waals surface area contributed by atoms with Gasteiger partial charge in [-0.05, 0) is 61.7 Å². The van der Waals surface area contributed by atoms with Gasteiger partial charge in [0.1, 0.15) is 5.82 Å². The smallest absolute Gasteiger partial charge is 0.411 e. The normalized spacial score (nSPS) is 11.8. The molecule has 0 radical (unpaired) electrons. The summed E-state index contributed by atoms with van der Waals surface area (Å²) in [5.74, 6) is 0.494. The van der Waals surface area contributed by atoms with E-state index < -0.39 is 28.2 Å². The van der Waals surface area contributed by atoms with Crippen LogP contribution in [0.2, 0.25) is 0 Å². The molecule has 0 saturated heterocycles. The van der Waals surface area contributed by atoms with Crippen molar-refractivity contribution in [3.05, 3.63) is 108 Å². The highest BCUT2D eigenvalue weighted by Crippen LogP contribution is 2.22. The third kappa shape index (κ3) is 7.02. The number of ether oxygens (including phenoxy) is 1. The molecule has 0 aliphatic heterocycles.